The summed E-state index contributed by atoms with van der Waals surface area (Å²) in [5.41, 5.74) is 2.32. The van der Waals surface area contributed by atoms with E-state index >= 15 is 0 Å². The first-order valence-electron chi connectivity index (χ1n) is 7.64. The molecule has 1 atom stereocenters. The Morgan fingerprint density at radius 1 is 1.33 bits per heavy atom. The Morgan fingerprint density at radius 3 is 3.10 bits per heavy atom. The highest BCUT2D eigenvalue weighted by Gasteiger charge is 2.28. The van der Waals surface area contributed by atoms with Crippen LogP contribution in [0.5, 0.6) is 0 Å². The molecule has 8 nitrogen and oxygen atoms in total. The number of nitrogens with two attached hydrogens (primary N) is 1. The van der Waals surface area contributed by atoms with Crippen LogP contribution in [0.1, 0.15) is 29.8 Å². The summed E-state index contributed by atoms with van der Waals surface area (Å²) in [4.78, 5) is 16.4. The monoisotopic (exact) mass is 293 g/mol. The van der Waals surface area contributed by atoms with Crippen LogP contribution in [0.25, 0.3) is 0 Å². The first kappa shape index (κ1) is 14.4. The van der Waals surface area contributed by atoms with Crippen molar-refractivity contribution in [3.63, 3.8) is 0 Å². The number of carbonyl (C=O) groups excluding carboxylic acids is 1. The molecular formula is C13H23N7O. The minimum atomic E-state index is -0.405. The molecule has 3 N–H and O–H groups in total. The van der Waals surface area contributed by atoms with Crippen LogP contribution in [-0.4, -0.2) is 69.5 Å². The van der Waals surface area contributed by atoms with E-state index in [1.165, 1.54) is 32.4 Å². The molecule has 1 aromatic heterocycles. The van der Waals surface area contributed by atoms with Crippen molar-refractivity contribution in [2.75, 3.05) is 32.7 Å². The minimum Gasteiger partial charge on any atom is -0.299 e. The second kappa shape index (κ2) is 6.50. The molecule has 0 spiro atoms. The average molecular weight is 293 g/mol. The number of hydrazine groups is 1. The SMILES string of the molecule is NNC(=O)c1cn(CCN2CCN3CCCCC3C2)nn1. The molecular weight excluding hydrogens is 270 g/mol. The summed E-state index contributed by atoms with van der Waals surface area (Å²) in [6.07, 6.45) is 5.66. The summed E-state index contributed by atoms with van der Waals surface area (Å²) in [7, 11) is 0. The zero-order valence-electron chi connectivity index (χ0n) is 12.2. The van der Waals surface area contributed by atoms with Crippen LogP contribution in [0, 0.1) is 0 Å². The Hall–Kier alpha value is -1.51. The lowest BCUT2D eigenvalue weighted by molar-refractivity contribution is 0.0473. The molecule has 0 radical (unpaired) electrons. The van der Waals surface area contributed by atoms with Crippen LogP contribution in [0.4, 0.5) is 0 Å². The molecule has 0 aromatic carbocycles. The van der Waals surface area contributed by atoms with Gasteiger partial charge in [-0.25, -0.2) is 5.84 Å². The molecule has 1 amide bonds. The Kier molecular flexibility index (Phi) is 4.47. The van der Waals surface area contributed by atoms with Gasteiger partial charge in [-0.15, -0.1) is 5.10 Å². The predicted molar refractivity (Wildman–Crippen MR) is 77.3 cm³/mol. The van der Waals surface area contributed by atoms with Crippen molar-refractivity contribution < 1.29 is 4.79 Å². The fraction of sp³-hybridized carbons (Fsp3) is 0.769. The standard InChI is InChI=1S/C13H23N7O/c14-15-13(21)12-10-20(17-16-12)8-6-18-5-7-19-4-2-1-3-11(19)9-18/h10-11H,1-9,14H2,(H,15,21). The van der Waals surface area contributed by atoms with E-state index in [4.69, 9.17) is 5.84 Å². The zero-order chi connectivity index (χ0) is 14.7. The van der Waals surface area contributed by atoms with Gasteiger partial charge >= 0.3 is 0 Å². The Balaban J connectivity index is 1.49. The van der Waals surface area contributed by atoms with Gasteiger partial charge in [-0.3, -0.25) is 24.7 Å². The normalized spacial score (nSPS) is 23.8. The second-order valence-corrected chi connectivity index (χ2v) is 5.83. The highest BCUT2D eigenvalue weighted by Crippen LogP contribution is 2.20. The van der Waals surface area contributed by atoms with E-state index in [0.29, 0.717) is 0 Å². The van der Waals surface area contributed by atoms with E-state index < -0.39 is 5.91 Å². The maximum absolute atomic E-state index is 11.3. The van der Waals surface area contributed by atoms with Gasteiger partial charge in [0.1, 0.15) is 0 Å². The van der Waals surface area contributed by atoms with Crippen LogP contribution in [0.15, 0.2) is 6.20 Å². The quantitative estimate of drug-likeness (QED) is 0.422. The first-order chi connectivity index (χ1) is 10.3. The number of hydrogen-bond donors (Lipinski definition) is 2. The summed E-state index contributed by atoms with van der Waals surface area (Å²) in [5, 5.41) is 7.77. The molecule has 2 saturated heterocycles. The van der Waals surface area contributed by atoms with Gasteiger partial charge in [0.2, 0.25) is 0 Å². The van der Waals surface area contributed by atoms with Crippen molar-refractivity contribution in [2.45, 2.75) is 31.8 Å². The van der Waals surface area contributed by atoms with Crippen molar-refractivity contribution >= 4 is 5.91 Å². The molecule has 1 unspecified atom stereocenters. The smallest absolute Gasteiger partial charge is 0.287 e. The van der Waals surface area contributed by atoms with Crippen LogP contribution in [0.3, 0.4) is 0 Å². The first-order valence-corrected chi connectivity index (χ1v) is 7.64. The minimum absolute atomic E-state index is 0.259. The van der Waals surface area contributed by atoms with E-state index in [1.807, 2.05) is 0 Å². The van der Waals surface area contributed by atoms with Crippen molar-refractivity contribution in [1.29, 1.82) is 0 Å². The number of nitrogens with zero attached hydrogens (tertiary/aromatic N) is 5. The largest absolute Gasteiger partial charge is 0.299 e. The Bertz CT molecular complexity index is 489. The lowest BCUT2D eigenvalue weighted by Crippen LogP contribution is -2.55. The number of amides is 1. The third-order valence-electron chi connectivity index (χ3n) is 4.47. The molecule has 8 heteroatoms. The van der Waals surface area contributed by atoms with Gasteiger partial charge in [-0.1, -0.05) is 11.6 Å². The molecule has 3 heterocycles. The van der Waals surface area contributed by atoms with Gasteiger partial charge in [-0.2, -0.15) is 0 Å². The molecule has 21 heavy (non-hydrogen) atoms. The van der Waals surface area contributed by atoms with E-state index in [1.54, 1.807) is 10.9 Å². The van der Waals surface area contributed by atoms with E-state index in [2.05, 4.69) is 25.5 Å². The molecule has 0 bridgehead atoms. The van der Waals surface area contributed by atoms with Crippen LogP contribution in [-0.2, 0) is 6.54 Å². The predicted octanol–water partition coefficient (Wildman–Crippen LogP) is -0.948. The van der Waals surface area contributed by atoms with Gasteiger partial charge in [-0.05, 0) is 19.4 Å². The maximum atomic E-state index is 11.3. The van der Waals surface area contributed by atoms with Crippen molar-refractivity contribution in [3.05, 3.63) is 11.9 Å². The maximum Gasteiger partial charge on any atom is 0.287 e. The molecule has 0 saturated carbocycles. The number of hydrogen-bond acceptors (Lipinski definition) is 6. The van der Waals surface area contributed by atoms with Gasteiger partial charge in [0.25, 0.3) is 5.91 Å². The third-order valence-corrected chi connectivity index (χ3v) is 4.47. The number of nitrogen functional groups attached to an aromatic ring is 1. The number of carbonyl (C=O) groups is 1. The number of aromatic nitrogens is 3. The summed E-state index contributed by atoms with van der Waals surface area (Å²) in [6, 6.07) is 0.724. The summed E-state index contributed by atoms with van der Waals surface area (Å²) in [5.74, 6) is 4.67. The Labute approximate surface area is 124 Å². The number of fused-ring (bicyclic) bond motifs is 1. The van der Waals surface area contributed by atoms with E-state index in [0.717, 1.165) is 32.2 Å². The summed E-state index contributed by atoms with van der Waals surface area (Å²) in [6.45, 7) is 6.38. The van der Waals surface area contributed by atoms with Crippen molar-refractivity contribution in [1.82, 2.24) is 30.2 Å². The lowest BCUT2D eigenvalue weighted by atomic mass is 9.99. The van der Waals surface area contributed by atoms with Crippen LogP contribution in [0.2, 0.25) is 0 Å². The highest BCUT2D eigenvalue weighted by molar-refractivity contribution is 5.91. The van der Waals surface area contributed by atoms with E-state index in [-0.39, 0.29) is 5.69 Å². The van der Waals surface area contributed by atoms with Crippen LogP contribution >= 0.6 is 0 Å². The summed E-state index contributed by atoms with van der Waals surface area (Å²) < 4.78 is 1.71. The van der Waals surface area contributed by atoms with Crippen molar-refractivity contribution in [2.24, 2.45) is 5.84 Å². The fourth-order valence-corrected chi connectivity index (χ4v) is 3.25. The van der Waals surface area contributed by atoms with Gasteiger partial charge in [0, 0.05) is 32.2 Å². The topological polar surface area (TPSA) is 92.3 Å². The molecule has 3 rings (SSSR count). The molecule has 2 aliphatic heterocycles. The number of piperidine rings is 1. The third kappa shape index (κ3) is 3.39. The highest BCUT2D eigenvalue weighted by atomic mass is 16.2. The number of piperazine rings is 1. The van der Waals surface area contributed by atoms with Gasteiger partial charge in [0.15, 0.2) is 5.69 Å². The molecule has 116 valence electrons. The average Bonchev–Trinajstić information content (AvgIpc) is 3.01. The fourth-order valence-electron chi connectivity index (χ4n) is 3.25. The van der Waals surface area contributed by atoms with Crippen molar-refractivity contribution in [3.8, 4) is 0 Å². The van der Waals surface area contributed by atoms with Gasteiger partial charge in [0.05, 0.1) is 12.7 Å². The Morgan fingerprint density at radius 2 is 2.24 bits per heavy atom. The molecule has 0 aliphatic carbocycles. The summed E-state index contributed by atoms with van der Waals surface area (Å²) >= 11 is 0. The van der Waals surface area contributed by atoms with Crippen LogP contribution < -0.4 is 11.3 Å². The van der Waals surface area contributed by atoms with Gasteiger partial charge < -0.3 is 0 Å². The zero-order valence-corrected chi connectivity index (χ0v) is 12.2. The molecule has 2 fully saturated rings. The lowest BCUT2D eigenvalue weighted by Gasteiger charge is -2.44. The number of nitrogens with one attached hydrogen (secondary N) is 1. The molecule has 1 aromatic rings. The molecule has 2 aliphatic rings. The second-order valence-electron chi connectivity index (χ2n) is 5.83. The van der Waals surface area contributed by atoms with E-state index in [9.17, 15) is 4.79 Å². The number of rotatable bonds is 4.